The first-order valence-electron chi connectivity index (χ1n) is 11.6. The van der Waals surface area contributed by atoms with Crippen LogP contribution in [0.5, 0.6) is 0 Å². The summed E-state index contributed by atoms with van der Waals surface area (Å²) >= 11 is 0. The number of rotatable bonds is 6. The topological polar surface area (TPSA) is 110 Å². The maximum atomic E-state index is 12.8. The summed E-state index contributed by atoms with van der Waals surface area (Å²) in [5.41, 5.74) is 3.47. The number of fused-ring (bicyclic) bond motifs is 1. The lowest BCUT2D eigenvalue weighted by molar-refractivity contribution is 0.0525. The zero-order valence-electron chi connectivity index (χ0n) is 19.3. The minimum Gasteiger partial charge on any atom is -0.464 e. The third-order valence-corrected chi connectivity index (χ3v) is 6.06. The summed E-state index contributed by atoms with van der Waals surface area (Å²) in [5.74, 6) is 0.0440. The van der Waals surface area contributed by atoms with Gasteiger partial charge in [-0.3, -0.25) is 9.78 Å². The molecule has 0 spiro atoms. The highest BCUT2D eigenvalue weighted by molar-refractivity contribution is 5.96. The molecule has 1 fully saturated rings. The van der Waals surface area contributed by atoms with Crippen LogP contribution >= 0.6 is 0 Å². The van der Waals surface area contributed by atoms with Crippen molar-refractivity contribution in [1.29, 1.82) is 0 Å². The molecule has 1 amide bonds. The Bertz CT molecular complexity index is 1330. The number of pyridine rings is 1. The Hall–Kier alpha value is -4.27. The van der Waals surface area contributed by atoms with Crippen molar-refractivity contribution in [3.63, 3.8) is 0 Å². The molecular formula is C26H25N5O4. The highest BCUT2D eigenvalue weighted by Gasteiger charge is 2.23. The van der Waals surface area contributed by atoms with Crippen LogP contribution in [0.2, 0.25) is 0 Å². The van der Waals surface area contributed by atoms with E-state index >= 15 is 0 Å². The quantitative estimate of drug-likeness (QED) is 0.422. The van der Waals surface area contributed by atoms with Crippen LogP contribution in [0, 0.1) is 0 Å². The molecule has 4 aromatic rings. The lowest BCUT2D eigenvalue weighted by Gasteiger charge is -2.32. The molecule has 4 heterocycles. The van der Waals surface area contributed by atoms with Crippen LogP contribution in [0.15, 0.2) is 65.7 Å². The molecule has 0 saturated carbocycles. The zero-order chi connectivity index (χ0) is 24.2. The lowest BCUT2D eigenvalue weighted by atomic mass is 10.0. The van der Waals surface area contributed by atoms with Gasteiger partial charge in [0.25, 0.3) is 5.91 Å². The molecule has 1 saturated heterocycles. The fourth-order valence-corrected chi connectivity index (χ4v) is 4.20. The highest BCUT2D eigenvalue weighted by atomic mass is 16.5. The molecule has 9 heteroatoms. The van der Waals surface area contributed by atoms with Crippen LogP contribution in [0.3, 0.4) is 0 Å². The molecule has 5 rings (SSSR count). The largest absolute Gasteiger partial charge is 0.464 e. The number of amides is 1. The first kappa shape index (κ1) is 22.5. The van der Waals surface area contributed by atoms with E-state index in [-0.39, 0.29) is 11.9 Å². The molecule has 1 N–H and O–H groups in total. The van der Waals surface area contributed by atoms with Gasteiger partial charge in [0.2, 0.25) is 5.95 Å². The number of furan rings is 1. The van der Waals surface area contributed by atoms with E-state index in [0.717, 1.165) is 35.1 Å². The van der Waals surface area contributed by atoms with Crippen molar-refractivity contribution in [2.24, 2.45) is 0 Å². The summed E-state index contributed by atoms with van der Waals surface area (Å²) in [7, 11) is 0. The molecule has 1 aliphatic heterocycles. The Kier molecular flexibility index (Phi) is 6.38. The van der Waals surface area contributed by atoms with Gasteiger partial charge in [0.15, 0.2) is 0 Å². The summed E-state index contributed by atoms with van der Waals surface area (Å²) in [6, 6.07) is 11.2. The third-order valence-electron chi connectivity index (χ3n) is 6.06. The summed E-state index contributed by atoms with van der Waals surface area (Å²) < 4.78 is 10.4. The van der Waals surface area contributed by atoms with E-state index in [2.05, 4.69) is 25.2 Å². The number of esters is 1. The number of hydrogen-bond acceptors (Lipinski definition) is 8. The van der Waals surface area contributed by atoms with Gasteiger partial charge in [-0.1, -0.05) is 12.1 Å². The molecule has 0 unspecified atom stereocenters. The number of carbonyl (C=O) groups excluding carboxylic acids is 2. The van der Waals surface area contributed by atoms with Gasteiger partial charge in [-0.05, 0) is 44.0 Å². The highest BCUT2D eigenvalue weighted by Crippen LogP contribution is 2.27. The second-order valence-corrected chi connectivity index (χ2v) is 8.30. The molecule has 178 valence electrons. The third kappa shape index (κ3) is 4.84. The Labute approximate surface area is 202 Å². The number of benzene rings is 1. The number of hydrogen-bond donors (Lipinski definition) is 1. The van der Waals surface area contributed by atoms with Crippen molar-refractivity contribution in [2.45, 2.75) is 25.8 Å². The van der Waals surface area contributed by atoms with Gasteiger partial charge in [-0.15, -0.1) is 0 Å². The number of nitrogens with one attached hydrogen (secondary N) is 1. The molecule has 0 aliphatic carbocycles. The smallest absolute Gasteiger partial charge is 0.341 e. The Morgan fingerprint density at radius 3 is 2.49 bits per heavy atom. The number of nitrogens with zero attached hydrogens (tertiary/aromatic N) is 4. The van der Waals surface area contributed by atoms with Gasteiger partial charge in [-0.2, -0.15) is 0 Å². The van der Waals surface area contributed by atoms with E-state index in [1.165, 1.54) is 12.4 Å². The number of ether oxygens (including phenoxy) is 1. The fourth-order valence-electron chi connectivity index (χ4n) is 4.20. The van der Waals surface area contributed by atoms with Gasteiger partial charge >= 0.3 is 5.97 Å². The van der Waals surface area contributed by atoms with E-state index in [1.807, 2.05) is 36.4 Å². The van der Waals surface area contributed by atoms with Crippen LogP contribution in [0.25, 0.3) is 22.2 Å². The summed E-state index contributed by atoms with van der Waals surface area (Å²) in [6.07, 6.45) is 7.89. The van der Waals surface area contributed by atoms with Gasteiger partial charge in [0.05, 0.1) is 24.1 Å². The van der Waals surface area contributed by atoms with Crippen LogP contribution < -0.4 is 10.2 Å². The molecular weight excluding hydrogens is 446 g/mol. The monoisotopic (exact) mass is 471 g/mol. The molecule has 0 radical (unpaired) electrons. The predicted octanol–water partition coefficient (Wildman–Crippen LogP) is 3.86. The standard InChI is InChI=1S/C26H25N5O4/c1-2-34-25(33)19-15-28-26(29-16-19)31-12-8-20(9-13-31)30-24(32)18-5-3-17(4-6-18)23-21-10-14-35-22(21)7-11-27-23/h3-7,10-11,14-16,20H,2,8-9,12-13H2,1H3,(H,30,32). The Morgan fingerprint density at radius 1 is 1.03 bits per heavy atom. The first-order valence-corrected chi connectivity index (χ1v) is 11.6. The number of carbonyl (C=O) groups is 2. The molecule has 1 aromatic carbocycles. The van der Waals surface area contributed by atoms with Crippen LogP contribution in [-0.2, 0) is 4.74 Å². The maximum Gasteiger partial charge on any atom is 0.341 e. The second kappa shape index (κ2) is 9.92. The lowest BCUT2D eigenvalue weighted by Crippen LogP contribution is -2.45. The Morgan fingerprint density at radius 2 is 1.77 bits per heavy atom. The van der Waals surface area contributed by atoms with Gasteiger partial charge in [-0.25, -0.2) is 14.8 Å². The van der Waals surface area contributed by atoms with E-state index in [0.29, 0.717) is 36.8 Å². The van der Waals surface area contributed by atoms with Crippen molar-refractivity contribution in [2.75, 3.05) is 24.6 Å². The average Bonchev–Trinajstić information content (AvgIpc) is 3.39. The Balaban J connectivity index is 1.16. The normalized spacial score (nSPS) is 14.1. The van der Waals surface area contributed by atoms with Gasteiger partial charge < -0.3 is 19.4 Å². The second-order valence-electron chi connectivity index (χ2n) is 8.30. The number of aromatic nitrogens is 3. The van der Waals surface area contributed by atoms with E-state index < -0.39 is 5.97 Å². The first-order chi connectivity index (χ1) is 17.1. The minimum atomic E-state index is -0.428. The zero-order valence-corrected chi connectivity index (χ0v) is 19.3. The van der Waals surface area contributed by atoms with Crippen molar-refractivity contribution in [3.8, 4) is 11.3 Å². The fraction of sp³-hybridized carbons (Fsp3) is 0.269. The van der Waals surface area contributed by atoms with E-state index in [9.17, 15) is 9.59 Å². The van der Waals surface area contributed by atoms with Crippen LogP contribution in [-0.4, -0.2) is 52.6 Å². The number of anilines is 1. The van der Waals surface area contributed by atoms with Gasteiger partial charge in [0.1, 0.15) is 5.58 Å². The van der Waals surface area contributed by atoms with E-state index in [4.69, 9.17) is 9.15 Å². The molecule has 0 bridgehead atoms. The van der Waals surface area contributed by atoms with Crippen molar-refractivity contribution < 1.29 is 18.7 Å². The van der Waals surface area contributed by atoms with Crippen molar-refractivity contribution in [3.05, 3.63) is 72.4 Å². The SMILES string of the molecule is CCOC(=O)c1cnc(N2CCC(NC(=O)c3ccc(-c4nccc5occc45)cc3)CC2)nc1. The molecule has 9 nitrogen and oxygen atoms in total. The molecule has 35 heavy (non-hydrogen) atoms. The summed E-state index contributed by atoms with van der Waals surface area (Å²) in [6.45, 7) is 3.49. The van der Waals surface area contributed by atoms with Crippen LogP contribution in [0.4, 0.5) is 5.95 Å². The molecule has 3 aromatic heterocycles. The maximum absolute atomic E-state index is 12.8. The van der Waals surface area contributed by atoms with E-state index in [1.54, 1.807) is 19.4 Å². The summed E-state index contributed by atoms with van der Waals surface area (Å²) in [5, 5.41) is 4.07. The van der Waals surface area contributed by atoms with Crippen molar-refractivity contribution >= 4 is 28.8 Å². The average molecular weight is 472 g/mol. The minimum absolute atomic E-state index is 0.0681. The van der Waals surface area contributed by atoms with Crippen LogP contribution in [0.1, 0.15) is 40.5 Å². The number of piperidine rings is 1. The molecule has 0 atom stereocenters. The molecule has 1 aliphatic rings. The van der Waals surface area contributed by atoms with Gasteiger partial charge in [0, 0.05) is 54.2 Å². The predicted molar refractivity (Wildman–Crippen MR) is 130 cm³/mol. The van der Waals surface area contributed by atoms with Crippen molar-refractivity contribution in [1.82, 2.24) is 20.3 Å². The summed E-state index contributed by atoms with van der Waals surface area (Å²) in [4.78, 5) is 39.7.